The number of hydrogen-bond acceptors (Lipinski definition) is 3. The third kappa shape index (κ3) is 2.19. The molecule has 0 radical (unpaired) electrons. The molecule has 140 valence electrons. The maximum absolute atomic E-state index is 12.7. The highest BCUT2D eigenvalue weighted by molar-refractivity contribution is 6.00. The van der Waals surface area contributed by atoms with E-state index >= 15 is 0 Å². The number of aliphatic hydroxyl groups is 1. The molecule has 3 aliphatic rings. The Morgan fingerprint density at radius 1 is 1.23 bits per heavy atom. The molecule has 0 saturated heterocycles. The van der Waals surface area contributed by atoms with Crippen molar-refractivity contribution < 1.29 is 15.0 Å². The molecule has 0 amide bonds. The molecule has 2 saturated carbocycles. The van der Waals surface area contributed by atoms with Gasteiger partial charge in [0.2, 0.25) is 0 Å². The van der Waals surface area contributed by atoms with Gasteiger partial charge in [0.25, 0.3) is 0 Å². The highest BCUT2D eigenvalue weighted by Crippen LogP contribution is 2.74. The Kier molecular flexibility index (Phi) is 4.07. The summed E-state index contributed by atoms with van der Waals surface area (Å²) in [5.74, 6) is 1.81. The Morgan fingerprint density at radius 2 is 1.92 bits per heavy atom. The first-order valence-corrected chi connectivity index (χ1v) is 9.95. The Balaban J connectivity index is 1.71. The fourth-order valence-corrected chi connectivity index (χ4v) is 6.71. The second kappa shape index (κ2) is 5.95. The van der Waals surface area contributed by atoms with Gasteiger partial charge in [-0.3, -0.25) is 4.79 Å². The molecule has 5 atom stereocenters. The van der Waals surface area contributed by atoms with Crippen LogP contribution in [0.4, 0.5) is 0 Å². The zero-order valence-electron chi connectivity index (χ0n) is 16.1. The van der Waals surface area contributed by atoms with Crippen LogP contribution in [0, 0.1) is 28.6 Å². The minimum atomic E-state index is -0.0681. The predicted molar refractivity (Wildman–Crippen MR) is 102 cm³/mol. The lowest BCUT2D eigenvalue weighted by atomic mass is 9.48. The van der Waals surface area contributed by atoms with Gasteiger partial charge in [0.15, 0.2) is 5.78 Å². The minimum Gasteiger partial charge on any atom is -0.508 e. The van der Waals surface area contributed by atoms with E-state index in [0.29, 0.717) is 35.7 Å². The monoisotopic (exact) mass is 354 g/mol. The summed E-state index contributed by atoms with van der Waals surface area (Å²) in [6, 6.07) is 7.51. The van der Waals surface area contributed by atoms with Gasteiger partial charge < -0.3 is 10.2 Å². The van der Waals surface area contributed by atoms with E-state index in [2.05, 4.69) is 13.8 Å². The van der Waals surface area contributed by atoms with Crippen molar-refractivity contribution in [2.24, 2.45) is 28.6 Å². The SMILES string of the molecule is CC1=C2C[C@@H]3C[C@H](CO)[C@H](C)[C@]2(CC1=O)[C@@]3(C)CCc1ccc(O)cc1. The van der Waals surface area contributed by atoms with E-state index in [1.54, 1.807) is 12.1 Å². The largest absolute Gasteiger partial charge is 0.508 e. The summed E-state index contributed by atoms with van der Waals surface area (Å²) >= 11 is 0. The highest BCUT2D eigenvalue weighted by atomic mass is 16.3. The summed E-state index contributed by atoms with van der Waals surface area (Å²) in [6.45, 7) is 6.93. The number of fused-ring (bicyclic) bond motifs is 1. The van der Waals surface area contributed by atoms with Crippen LogP contribution in [0.15, 0.2) is 35.4 Å². The molecule has 0 unspecified atom stereocenters. The summed E-state index contributed by atoms with van der Waals surface area (Å²) in [7, 11) is 0. The maximum atomic E-state index is 12.7. The molecule has 1 spiro atoms. The maximum Gasteiger partial charge on any atom is 0.159 e. The van der Waals surface area contributed by atoms with Crippen molar-refractivity contribution in [3.63, 3.8) is 0 Å². The predicted octanol–water partition coefficient (Wildman–Crippen LogP) is 4.28. The molecule has 0 aromatic heterocycles. The van der Waals surface area contributed by atoms with E-state index in [9.17, 15) is 15.0 Å². The lowest BCUT2D eigenvalue weighted by Crippen LogP contribution is -2.51. The van der Waals surface area contributed by atoms with E-state index in [0.717, 1.165) is 31.3 Å². The number of aromatic hydroxyl groups is 1. The van der Waals surface area contributed by atoms with Crippen LogP contribution >= 0.6 is 0 Å². The molecule has 3 heteroatoms. The Morgan fingerprint density at radius 3 is 2.58 bits per heavy atom. The van der Waals surface area contributed by atoms with Gasteiger partial charge in [0.05, 0.1) is 0 Å². The molecule has 3 aliphatic carbocycles. The average molecular weight is 354 g/mol. The van der Waals surface area contributed by atoms with Crippen LogP contribution in [-0.2, 0) is 11.2 Å². The third-order valence-electron chi connectivity index (χ3n) is 8.40. The number of rotatable bonds is 4. The normalized spacial score (nSPS) is 38.8. The van der Waals surface area contributed by atoms with Crippen LogP contribution in [0.5, 0.6) is 5.75 Å². The molecule has 4 rings (SSSR count). The van der Waals surface area contributed by atoms with Crippen LogP contribution in [0.2, 0.25) is 0 Å². The van der Waals surface area contributed by atoms with Crippen molar-refractivity contribution in [1.82, 2.24) is 0 Å². The van der Waals surface area contributed by atoms with E-state index in [-0.39, 0.29) is 17.4 Å². The number of hydrogen-bond donors (Lipinski definition) is 2. The number of phenolic OH excluding ortho intramolecular Hbond substituents is 1. The fourth-order valence-electron chi connectivity index (χ4n) is 6.71. The number of aliphatic hydroxyl groups excluding tert-OH is 1. The Hall–Kier alpha value is -1.61. The minimum absolute atomic E-state index is 0.0681. The lowest BCUT2D eigenvalue weighted by Gasteiger charge is -2.55. The summed E-state index contributed by atoms with van der Waals surface area (Å²) < 4.78 is 0. The van der Waals surface area contributed by atoms with Crippen molar-refractivity contribution in [2.45, 2.75) is 52.9 Å². The molecule has 1 aromatic carbocycles. The number of ketones is 1. The zero-order valence-corrected chi connectivity index (χ0v) is 16.1. The van der Waals surface area contributed by atoms with E-state index < -0.39 is 0 Å². The standard InChI is InChI=1S/C23H30O3/c1-14-20-11-18-10-17(13-24)15(2)23(20,12-21(14)26)22(18,3)9-8-16-4-6-19(25)7-5-16/h4-7,15,17-18,24-25H,8-13H2,1-3H3/t15-,17+,18-,22-,23-/m0/s1. The van der Waals surface area contributed by atoms with Gasteiger partial charge >= 0.3 is 0 Å². The van der Waals surface area contributed by atoms with Crippen LogP contribution in [0.25, 0.3) is 0 Å². The lowest BCUT2D eigenvalue weighted by molar-refractivity contribution is -0.123. The smallest absolute Gasteiger partial charge is 0.159 e. The average Bonchev–Trinajstić information content (AvgIpc) is 2.96. The molecule has 2 N–H and O–H groups in total. The summed E-state index contributed by atoms with van der Waals surface area (Å²) in [4.78, 5) is 12.7. The first-order valence-electron chi connectivity index (χ1n) is 9.95. The second-order valence-corrected chi connectivity index (χ2v) is 9.13. The quantitative estimate of drug-likeness (QED) is 0.849. The van der Waals surface area contributed by atoms with Gasteiger partial charge in [-0.1, -0.05) is 31.6 Å². The number of phenols is 1. The molecular weight excluding hydrogens is 324 g/mol. The van der Waals surface area contributed by atoms with Crippen molar-refractivity contribution in [1.29, 1.82) is 0 Å². The van der Waals surface area contributed by atoms with Crippen LogP contribution in [0.1, 0.15) is 52.0 Å². The molecule has 26 heavy (non-hydrogen) atoms. The van der Waals surface area contributed by atoms with Crippen LogP contribution in [0.3, 0.4) is 0 Å². The van der Waals surface area contributed by atoms with Gasteiger partial charge in [0, 0.05) is 18.4 Å². The molecule has 2 fully saturated rings. The van der Waals surface area contributed by atoms with Crippen molar-refractivity contribution in [3.05, 3.63) is 41.0 Å². The van der Waals surface area contributed by atoms with E-state index in [4.69, 9.17) is 0 Å². The van der Waals surface area contributed by atoms with E-state index in [1.807, 2.05) is 19.1 Å². The van der Waals surface area contributed by atoms with Gasteiger partial charge in [-0.15, -0.1) is 0 Å². The summed E-state index contributed by atoms with van der Waals surface area (Å²) in [5, 5.41) is 19.5. The Labute approximate surface area is 156 Å². The number of Topliss-reactive ketones (excluding diaryl/α,β-unsaturated/α-hetero) is 1. The van der Waals surface area contributed by atoms with Crippen LogP contribution in [-0.4, -0.2) is 22.6 Å². The molecule has 0 aliphatic heterocycles. The number of carbonyl (C=O) groups is 1. The van der Waals surface area contributed by atoms with Crippen molar-refractivity contribution in [2.75, 3.05) is 6.61 Å². The van der Waals surface area contributed by atoms with Gasteiger partial charge in [-0.05, 0) is 79.0 Å². The summed E-state index contributed by atoms with van der Waals surface area (Å²) in [6.07, 6.45) is 4.75. The molecule has 2 bridgehead atoms. The summed E-state index contributed by atoms with van der Waals surface area (Å²) in [5.41, 5.74) is 3.68. The van der Waals surface area contributed by atoms with Crippen molar-refractivity contribution in [3.8, 4) is 5.75 Å². The Bertz CT molecular complexity index is 762. The number of benzene rings is 1. The van der Waals surface area contributed by atoms with E-state index in [1.165, 1.54) is 11.1 Å². The third-order valence-corrected chi connectivity index (χ3v) is 8.40. The molecule has 1 aromatic rings. The zero-order chi connectivity index (χ0) is 18.7. The number of carbonyl (C=O) groups excluding carboxylic acids is 1. The fraction of sp³-hybridized carbons (Fsp3) is 0.609. The number of aryl methyl sites for hydroxylation is 1. The van der Waals surface area contributed by atoms with Gasteiger partial charge in [-0.25, -0.2) is 0 Å². The molecule has 3 nitrogen and oxygen atoms in total. The molecule has 0 heterocycles. The first-order chi connectivity index (χ1) is 12.3. The van der Waals surface area contributed by atoms with Gasteiger partial charge in [-0.2, -0.15) is 0 Å². The van der Waals surface area contributed by atoms with Crippen molar-refractivity contribution >= 4 is 5.78 Å². The second-order valence-electron chi connectivity index (χ2n) is 9.13. The molecular formula is C23H30O3. The topological polar surface area (TPSA) is 57.5 Å². The number of allylic oxidation sites excluding steroid dienone is 2. The first kappa shape index (κ1) is 17.8. The van der Waals surface area contributed by atoms with Gasteiger partial charge in [0.1, 0.15) is 5.75 Å². The highest BCUT2D eigenvalue weighted by Gasteiger charge is 2.68. The van der Waals surface area contributed by atoms with Crippen LogP contribution < -0.4 is 0 Å².